The third kappa shape index (κ3) is 3610. The molecule has 0 aliphatic rings. The van der Waals surface area contributed by atoms with Crippen LogP contribution in [-0.2, 0) is 42.0 Å². The van der Waals surface area contributed by atoms with E-state index in [4.69, 9.17) is 10.5 Å². The van der Waals surface area contributed by atoms with E-state index in [2.05, 4.69) is 25.3 Å². The van der Waals surface area contributed by atoms with E-state index in [0.717, 1.165) is 0 Å². The van der Waals surface area contributed by atoms with E-state index in [0.29, 0.717) is 0 Å². The van der Waals surface area contributed by atoms with Crippen molar-refractivity contribution < 1.29 is 16.8 Å². The molecular formula is C2HClCoN2S2. The van der Waals surface area contributed by atoms with Crippen molar-refractivity contribution in [3.05, 3.63) is 0 Å². The van der Waals surface area contributed by atoms with Gasteiger partial charge in [-0.15, -0.1) is 12.4 Å². The van der Waals surface area contributed by atoms with Gasteiger partial charge in [-0.05, 0) is 0 Å². The average Bonchev–Trinajstić information content (AvgIpc) is 1.39. The number of nitriles is 2. The molecule has 0 aromatic carbocycles. The first kappa shape index (κ1) is 24.1. The van der Waals surface area contributed by atoms with Gasteiger partial charge in [-0.1, -0.05) is 10.8 Å². The van der Waals surface area contributed by atoms with E-state index in [1.54, 1.807) is 0 Å². The fraction of sp³-hybridized carbons (Fsp3) is 0. The van der Waals surface area contributed by atoms with Crippen LogP contribution in [0.3, 0.4) is 0 Å². The first-order valence-corrected chi connectivity index (χ1v) is 1.67. The summed E-state index contributed by atoms with van der Waals surface area (Å²) in [6.45, 7) is 0. The number of rotatable bonds is 0. The molecule has 0 aromatic rings. The van der Waals surface area contributed by atoms with Crippen LogP contribution >= 0.6 is 12.4 Å². The summed E-state index contributed by atoms with van der Waals surface area (Å²) in [6, 6.07) is 0. The molecule has 0 saturated heterocycles. The van der Waals surface area contributed by atoms with Crippen LogP contribution in [0.15, 0.2) is 0 Å². The standard InChI is InChI=1S/2CHNS.ClH.Co/c2*2-1-3;;/h2*3H;1H;/q;;;+2/p-2. The Balaban J connectivity index is -0.0000000160. The molecule has 1 radical (unpaired) electrons. The smallest absolute Gasteiger partial charge is 0.696 e. The van der Waals surface area contributed by atoms with Gasteiger partial charge in [0, 0.05) is 0 Å². The van der Waals surface area contributed by atoms with Crippen LogP contribution in [0.5, 0.6) is 0 Å². The maximum absolute atomic E-state index is 7.13. The zero-order chi connectivity index (χ0) is 5.41. The molecule has 0 fully saturated rings. The van der Waals surface area contributed by atoms with E-state index < -0.39 is 0 Å². The summed E-state index contributed by atoms with van der Waals surface area (Å²) in [5.74, 6) is 0. The van der Waals surface area contributed by atoms with E-state index in [9.17, 15) is 0 Å². The molecular weight excluding hydrogens is 211 g/mol. The SMILES string of the molecule is Cl.N#C[S-].N#C[S-].[Co+2]. The van der Waals surface area contributed by atoms with Gasteiger partial charge in [0.05, 0.1) is 0 Å². The largest absolute Gasteiger partial charge is 2.00 e. The van der Waals surface area contributed by atoms with E-state index in [1.165, 1.54) is 10.8 Å². The monoisotopic (exact) mass is 211 g/mol. The van der Waals surface area contributed by atoms with Gasteiger partial charge >= 0.3 is 16.8 Å². The summed E-state index contributed by atoms with van der Waals surface area (Å²) in [6.07, 6.45) is 0. The summed E-state index contributed by atoms with van der Waals surface area (Å²) in [5.41, 5.74) is 0. The number of hydrogen-bond acceptors (Lipinski definition) is 4. The molecule has 0 N–H and O–H groups in total. The topological polar surface area (TPSA) is 47.6 Å². The molecule has 0 atom stereocenters. The minimum absolute atomic E-state index is 0. The Labute approximate surface area is 75.7 Å². The first-order chi connectivity index (χ1) is 2.83. The van der Waals surface area contributed by atoms with Crippen LogP contribution < -0.4 is 0 Å². The summed E-state index contributed by atoms with van der Waals surface area (Å²) in [4.78, 5) is 0. The molecule has 0 unspecified atom stereocenters. The molecule has 6 heteroatoms. The van der Waals surface area contributed by atoms with Crippen molar-refractivity contribution in [2.75, 3.05) is 0 Å². The number of thiocyanates is 2. The van der Waals surface area contributed by atoms with Crippen molar-refractivity contribution in [3.63, 3.8) is 0 Å². The van der Waals surface area contributed by atoms with Gasteiger partial charge in [-0.2, -0.15) is 0 Å². The van der Waals surface area contributed by atoms with E-state index >= 15 is 0 Å². The Bertz CT molecular complexity index is 73.0. The maximum Gasteiger partial charge on any atom is 2.00 e. The third-order valence-electron chi connectivity index (χ3n) is 0. The van der Waals surface area contributed by atoms with Crippen LogP contribution in [0.1, 0.15) is 0 Å². The van der Waals surface area contributed by atoms with Gasteiger partial charge in [0.25, 0.3) is 0 Å². The predicted octanol–water partition coefficient (Wildman–Crippen LogP) is 0.448. The van der Waals surface area contributed by atoms with Gasteiger partial charge in [-0.25, -0.2) is 10.5 Å². The summed E-state index contributed by atoms with van der Waals surface area (Å²) in [5, 5.41) is 16.9. The van der Waals surface area contributed by atoms with Crippen LogP contribution in [0, 0.1) is 21.3 Å². The van der Waals surface area contributed by atoms with Gasteiger partial charge in [-0.3, -0.25) is 0 Å². The zero-order valence-corrected chi connectivity index (χ0v) is 6.94. The molecule has 0 aliphatic heterocycles. The Morgan fingerprint density at radius 2 is 1.00 bits per heavy atom. The predicted molar refractivity (Wildman–Crippen MR) is 33.2 cm³/mol. The summed E-state index contributed by atoms with van der Waals surface area (Å²) in [7, 11) is 0. The summed E-state index contributed by atoms with van der Waals surface area (Å²) >= 11 is 7.40. The van der Waals surface area contributed by atoms with E-state index in [-0.39, 0.29) is 29.2 Å². The van der Waals surface area contributed by atoms with Crippen LogP contribution in [0.25, 0.3) is 0 Å². The molecule has 0 saturated carbocycles. The van der Waals surface area contributed by atoms with Crippen molar-refractivity contribution in [2.45, 2.75) is 0 Å². The van der Waals surface area contributed by atoms with E-state index in [1.807, 2.05) is 0 Å². The van der Waals surface area contributed by atoms with Crippen molar-refractivity contribution in [1.29, 1.82) is 10.5 Å². The number of halogens is 1. The molecule has 0 amide bonds. The minimum Gasteiger partial charge on any atom is -0.696 e. The van der Waals surface area contributed by atoms with Crippen molar-refractivity contribution in [2.24, 2.45) is 0 Å². The quantitative estimate of drug-likeness (QED) is 0.431. The van der Waals surface area contributed by atoms with Crippen LogP contribution in [-0.4, -0.2) is 0 Å². The Morgan fingerprint density at radius 1 is 1.00 bits per heavy atom. The molecule has 0 aromatic heterocycles. The maximum atomic E-state index is 7.13. The van der Waals surface area contributed by atoms with Crippen molar-refractivity contribution in [3.8, 4) is 10.8 Å². The van der Waals surface area contributed by atoms with Gasteiger partial charge in [0.2, 0.25) is 0 Å². The van der Waals surface area contributed by atoms with Crippen molar-refractivity contribution >= 4 is 37.7 Å². The average molecular weight is 212 g/mol. The Morgan fingerprint density at radius 3 is 1.00 bits per heavy atom. The fourth-order valence-corrected chi connectivity index (χ4v) is 0. The third-order valence-corrected chi connectivity index (χ3v) is 0. The number of hydrogen-bond donors (Lipinski definition) is 0. The fourth-order valence-electron chi connectivity index (χ4n) is 0. The van der Waals surface area contributed by atoms with Crippen molar-refractivity contribution in [1.82, 2.24) is 0 Å². The molecule has 2 nitrogen and oxygen atoms in total. The minimum atomic E-state index is 0. The molecule has 0 bridgehead atoms. The second-order valence-corrected chi connectivity index (χ2v) is 0.548. The normalized spacial score (nSPS) is 1.75. The zero-order valence-electron chi connectivity index (χ0n) is 3.45. The second-order valence-electron chi connectivity index (χ2n) is 0.183. The molecule has 0 aliphatic carbocycles. The van der Waals surface area contributed by atoms with Crippen LogP contribution in [0.2, 0.25) is 0 Å². The van der Waals surface area contributed by atoms with Crippen LogP contribution in [0.4, 0.5) is 0 Å². The molecule has 0 rings (SSSR count). The summed E-state index contributed by atoms with van der Waals surface area (Å²) < 4.78 is 0. The molecule has 8 heavy (non-hydrogen) atoms. The Hall–Kier alpha value is 0.216. The molecule has 0 heterocycles. The molecule has 0 spiro atoms. The van der Waals surface area contributed by atoms with Gasteiger partial charge < -0.3 is 25.3 Å². The Kier molecular flexibility index (Phi) is 171. The molecule has 47 valence electrons. The first-order valence-electron chi connectivity index (χ1n) is 0.855. The van der Waals surface area contributed by atoms with Gasteiger partial charge in [0.1, 0.15) is 0 Å². The number of nitrogens with zero attached hydrogens (tertiary/aromatic N) is 2. The van der Waals surface area contributed by atoms with Gasteiger partial charge in [0.15, 0.2) is 0 Å². The second kappa shape index (κ2) is 56.8.